The second kappa shape index (κ2) is 6.12. The van der Waals surface area contributed by atoms with Crippen LogP contribution in [0.15, 0.2) is 0 Å². The summed E-state index contributed by atoms with van der Waals surface area (Å²) in [6.07, 6.45) is 0.0615. The first-order valence-electron chi connectivity index (χ1n) is 5.28. The van der Waals surface area contributed by atoms with Gasteiger partial charge in [0.2, 0.25) is 0 Å². The van der Waals surface area contributed by atoms with Gasteiger partial charge in [-0.15, -0.1) is 0 Å². The first kappa shape index (κ1) is 12.5. The molecule has 1 aliphatic carbocycles. The number of carbonyl (C=O) groups is 1. The second-order valence-electron chi connectivity index (χ2n) is 3.90. The zero-order valence-electron chi connectivity index (χ0n) is 8.66. The minimum absolute atomic E-state index is 0.104. The number of carbonyl (C=O) groups excluding carboxylic acids is 1. The Labute approximate surface area is 88.1 Å². The number of alkyl halides is 2. The van der Waals surface area contributed by atoms with Crippen LogP contribution in [-0.4, -0.2) is 48.0 Å². The first-order chi connectivity index (χ1) is 7.13. The van der Waals surface area contributed by atoms with Crippen LogP contribution in [0.2, 0.25) is 0 Å². The molecule has 15 heavy (non-hydrogen) atoms. The Balaban J connectivity index is 2.49. The van der Waals surface area contributed by atoms with Gasteiger partial charge in [0, 0.05) is 25.4 Å². The minimum atomic E-state index is -2.41. The lowest BCUT2D eigenvalue weighted by molar-refractivity contribution is -0.122. The molecule has 3 nitrogen and oxygen atoms in total. The third-order valence-corrected chi connectivity index (χ3v) is 2.73. The van der Waals surface area contributed by atoms with Gasteiger partial charge in [-0.05, 0) is 12.8 Å². The summed E-state index contributed by atoms with van der Waals surface area (Å²) >= 11 is 0. The van der Waals surface area contributed by atoms with Crippen molar-refractivity contribution in [3.63, 3.8) is 0 Å². The van der Waals surface area contributed by atoms with Crippen LogP contribution in [0.1, 0.15) is 25.7 Å². The molecular weight excluding hydrogens is 204 g/mol. The van der Waals surface area contributed by atoms with Crippen molar-refractivity contribution in [2.75, 3.05) is 19.7 Å². The number of Topliss-reactive ketones (excluding diaryl/α,β-unsaturated/α-hetero) is 1. The van der Waals surface area contributed by atoms with Gasteiger partial charge in [-0.1, -0.05) is 0 Å². The highest BCUT2D eigenvalue weighted by molar-refractivity contribution is 5.79. The van der Waals surface area contributed by atoms with E-state index < -0.39 is 6.43 Å². The monoisotopic (exact) mass is 221 g/mol. The Morgan fingerprint density at radius 2 is 2.27 bits per heavy atom. The van der Waals surface area contributed by atoms with Gasteiger partial charge in [-0.3, -0.25) is 9.69 Å². The van der Waals surface area contributed by atoms with Crippen molar-refractivity contribution in [3.05, 3.63) is 0 Å². The molecule has 1 atom stereocenters. The van der Waals surface area contributed by atoms with E-state index in [1.54, 1.807) is 0 Å². The molecule has 0 bridgehead atoms. The van der Waals surface area contributed by atoms with E-state index in [1.165, 1.54) is 4.90 Å². The number of ketones is 1. The minimum Gasteiger partial charge on any atom is -0.395 e. The van der Waals surface area contributed by atoms with Crippen molar-refractivity contribution in [1.82, 2.24) is 4.90 Å². The summed E-state index contributed by atoms with van der Waals surface area (Å²) in [4.78, 5) is 12.7. The van der Waals surface area contributed by atoms with Gasteiger partial charge >= 0.3 is 0 Å². The van der Waals surface area contributed by atoms with Crippen molar-refractivity contribution in [3.8, 4) is 0 Å². The van der Waals surface area contributed by atoms with Crippen molar-refractivity contribution in [2.24, 2.45) is 0 Å². The fraction of sp³-hybridized carbons (Fsp3) is 0.900. The van der Waals surface area contributed by atoms with Crippen molar-refractivity contribution >= 4 is 5.78 Å². The maximum Gasteiger partial charge on any atom is 0.251 e. The van der Waals surface area contributed by atoms with Gasteiger partial charge in [0.05, 0.1) is 13.2 Å². The number of halogens is 2. The zero-order chi connectivity index (χ0) is 11.3. The lowest BCUT2D eigenvalue weighted by Crippen LogP contribution is -2.43. The molecule has 0 aliphatic heterocycles. The summed E-state index contributed by atoms with van der Waals surface area (Å²) in [5.41, 5.74) is 0. The molecule has 0 saturated heterocycles. The van der Waals surface area contributed by atoms with Gasteiger partial charge in [-0.2, -0.15) is 0 Å². The average molecular weight is 221 g/mol. The van der Waals surface area contributed by atoms with Crippen LogP contribution in [0.25, 0.3) is 0 Å². The van der Waals surface area contributed by atoms with E-state index in [0.717, 1.165) is 12.8 Å². The molecule has 0 aromatic heterocycles. The molecule has 0 radical (unpaired) electrons. The van der Waals surface area contributed by atoms with Crippen LogP contribution in [0.3, 0.4) is 0 Å². The number of aliphatic hydroxyl groups excluding tert-OH is 1. The fourth-order valence-electron chi connectivity index (χ4n) is 2.04. The highest BCUT2D eigenvalue weighted by Gasteiger charge is 2.26. The lowest BCUT2D eigenvalue weighted by Gasteiger charge is -2.32. The maximum absolute atomic E-state index is 12.3. The normalized spacial score (nSPS) is 22.7. The first-order valence-corrected chi connectivity index (χ1v) is 5.28. The van der Waals surface area contributed by atoms with Gasteiger partial charge in [0.1, 0.15) is 5.78 Å². The Hall–Kier alpha value is -0.550. The molecule has 1 saturated carbocycles. The third kappa shape index (κ3) is 4.22. The largest absolute Gasteiger partial charge is 0.395 e. The third-order valence-electron chi connectivity index (χ3n) is 2.73. The van der Waals surface area contributed by atoms with E-state index >= 15 is 0 Å². The second-order valence-corrected chi connectivity index (χ2v) is 3.90. The maximum atomic E-state index is 12.3. The van der Waals surface area contributed by atoms with Gasteiger partial charge in [0.15, 0.2) is 0 Å². The molecule has 1 rings (SSSR count). The number of nitrogens with zero attached hydrogens (tertiary/aromatic N) is 1. The highest BCUT2D eigenvalue weighted by atomic mass is 19.3. The van der Waals surface area contributed by atoms with E-state index in [-0.39, 0.29) is 31.5 Å². The van der Waals surface area contributed by atoms with Crippen LogP contribution < -0.4 is 0 Å². The van der Waals surface area contributed by atoms with E-state index in [0.29, 0.717) is 12.8 Å². The van der Waals surface area contributed by atoms with Crippen LogP contribution >= 0.6 is 0 Å². The Bertz CT molecular complexity index is 212. The standard InChI is InChI=1S/C10H17F2NO2/c11-10(12)7-13(4-5-14)8-2-1-3-9(15)6-8/h8,10,14H,1-7H2. The van der Waals surface area contributed by atoms with Crippen LogP contribution in [0, 0.1) is 0 Å². The summed E-state index contributed by atoms with van der Waals surface area (Å²) < 4.78 is 24.5. The molecule has 0 amide bonds. The van der Waals surface area contributed by atoms with Crippen molar-refractivity contribution in [1.29, 1.82) is 0 Å². The Morgan fingerprint density at radius 1 is 1.53 bits per heavy atom. The Kier molecular flexibility index (Phi) is 5.11. The molecular formula is C10H17F2NO2. The van der Waals surface area contributed by atoms with Crippen molar-refractivity contribution < 1.29 is 18.7 Å². The van der Waals surface area contributed by atoms with E-state index in [4.69, 9.17) is 5.11 Å². The molecule has 0 aromatic rings. The van der Waals surface area contributed by atoms with E-state index in [1.807, 2.05) is 0 Å². The molecule has 1 N–H and O–H groups in total. The summed E-state index contributed by atoms with van der Waals surface area (Å²) in [5.74, 6) is 0.142. The van der Waals surface area contributed by atoms with Gasteiger partial charge in [0.25, 0.3) is 6.43 Å². The number of rotatable bonds is 5. The lowest BCUT2D eigenvalue weighted by atomic mass is 9.93. The molecule has 1 aliphatic rings. The smallest absolute Gasteiger partial charge is 0.251 e. The predicted molar refractivity (Wildman–Crippen MR) is 51.9 cm³/mol. The molecule has 0 spiro atoms. The summed E-state index contributed by atoms with van der Waals surface area (Å²) in [6, 6.07) is -0.104. The molecule has 1 fully saturated rings. The van der Waals surface area contributed by atoms with Crippen molar-refractivity contribution in [2.45, 2.75) is 38.2 Å². The predicted octanol–water partition coefficient (Wildman–Crippen LogP) is 1.06. The molecule has 0 aromatic carbocycles. The van der Waals surface area contributed by atoms with E-state index in [2.05, 4.69) is 0 Å². The SMILES string of the molecule is O=C1CCCC(N(CCO)CC(F)F)C1. The number of hydrogen-bond acceptors (Lipinski definition) is 3. The topological polar surface area (TPSA) is 40.5 Å². The average Bonchev–Trinajstić information content (AvgIpc) is 2.16. The highest BCUT2D eigenvalue weighted by Crippen LogP contribution is 2.20. The quantitative estimate of drug-likeness (QED) is 0.754. The fourth-order valence-corrected chi connectivity index (χ4v) is 2.04. The van der Waals surface area contributed by atoms with E-state index in [9.17, 15) is 13.6 Å². The number of hydrogen-bond donors (Lipinski definition) is 1. The summed E-state index contributed by atoms with van der Waals surface area (Å²) in [7, 11) is 0. The van der Waals surface area contributed by atoms with Gasteiger partial charge in [-0.25, -0.2) is 8.78 Å². The summed E-state index contributed by atoms with van der Waals surface area (Å²) in [6.45, 7) is -0.266. The molecule has 1 unspecified atom stereocenters. The van der Waals surface area contributed by atoms with Gasteiger partial charge < -0.3 is 5.11 Å². The van der Waals surface area contributed by atoms with Crippen LogP contribution in [-0.2, 0) is 4.79 Å². The number of aliphatic hydroxyl groups is 1. The zero-order valence-corrected chi connectivity index (χ0v) is 8.66. The Morgan fingerprint density at radius 3 is 2.80 bits per heavy atom. The van der Waals surface area contributed by atoms with Crippen LogP contribution in [0.5, 0.6) is 0 Å². The van der Waals surface area contributed by atoms with Crippen LogP contribution in [0.4, 0.5) is 8.78 Å². The molecule has 0 heterocycles. The summed E-state index contributed by atoms with van der Waals surface area (Å²) in [5, 5.41) is 8.77. The molecule has 88 valence electrons. The molecule has 5 heteroatoms.